The molecule has 0 spiro atoms. The van der Waals surface area contributed by atoms with E-state index >= 15 is 0 Å². The average Bonchev–Trinajstić information content (AvgIpc) is 2.78. The van der Waals surface area contributed by atoms with Gasteiger partial charge in [-0.2, -0.15) is 0 Å². The minimum absolute atomic E-state index is 0.281. The minimum Gasteiger partial charge on any atom is -0.481 e. The molecule has 2 heteroatoms. The highest BCUT2D eigenvalue weighted by molar-refractivity contribution is 5.66. The maximum Gasteiger partial charge on any atom is 0.303 e. The molecule has 32 heavy (non-hydrogen) atoms. The number of hydrogen-bond acceptors (Lipinski definition) is 1. The van der Waals surface area contributed by atoms with Crippen LogP contribution in [0.3, 0.4) is 0 Å². The standard InChI is InChI=1S/C30H56O2/c1-3-29(2)27-25-23-21-19-17-15-13-11-9-7-5-4-6-8-10-12-14-16-18-20-22-24-26-28-30(31)32/h12,14,20,22,29H,3-11,13,15-19,21,23-28H2,1-2H3,(H,31,32)/b14-12-,22-20-. The normalized spacial score (nSPS) is 12.8. The van der Waals surface area contributed by atoms with E-state index in [4.69, 9.17) is 5.11 Å². The molecule has 0 amide bonds. The molecule has 0 bridgehead atoms. The molecule has 0 aliphatic rings. The number of allylic oxidation sites excluding steroid dienone is 4. The molecule has 1 atom stereocenters. The van der Waals surface area contributed by atoms with Gasteiger partial charge < -0.3 is 5.11 Å². The summed E-state index contributed by atoms with van der Waals surface area (Å²) < 4.78 is 0. The van der Waals surface area contributed by atoms with E-state index in [2.05, 4.69) is 38.2 Å². The van der Waals surface area contributed by atoms with Gasteiger partial charge in [0.15, 0.2) is 0 Å². The van der Waals surface area contributed by atoms with Gasteiger partial charge in [0.25, 0.3) is 0 Å². The molecule has 0 heterocycles. The number of rotatable bonds is 25. The van der Waals surface area contributed by atoms with Crippen molar-refractivity contribution in [1.82, 2.24) is 0 Å². The fourth-order valence-corrected chi connectivity index (χ4v) is 4.12. The molecular formula is C30H56O2. The lowest BCUT2D eigenvalue weighted by Gasteiger charge is -2.07. The summed E-state index contributed by atoms with van der Waals surface area (Å²) >= 11 is 0. The van der Waals surface area contributed by atoms with Crippen molar-refractivity contribution in [1.29, 1.82) is 0 Å². The molecule has 0 saturated carbocycles. The summed E-state index contributed by atoms with van der Waals surface area (Å²) in [7, 11) is 0. The van der Waals surface area contributed by atoms with Crippen LogP contribution in [0.5, 0.6) is 0 Å². The van der Waals surface area contributed by atoms with E-state index in [1.165, 1.54) is 109 Å². The summed E-state index contributed by atoms with van der Waals surface area (Å²) in [4.78, 5) is 10.4. The van der Waals surface area contributed by atoms with Crippen LogP contribution >= 0.6 is 0 Å². The third-order valence-corrected chi connectivity index (χ3v) is 6.61. The van der Waals surface area contributed by atoms with Gasteiger partial charge in [-0.1, -0.05) is 134 Å². The Balaban J connectivity index is 3.15. The van der Waals surface area contributed by atoms with Crippen LogP contribution in [0.15, 0.2) is 24.3 Å². The van der Waals surface area contributed by atoms with Gasteiger partial charge in [-0.05, 0) is 44.4 Å². The smallest absolute Gasteiger partial charge is 0.303 e. The fourth-order valence-electron chi connectivity index (χ4n) is 4.12. The summed E-state index contributed by atoms with van der Waals surface area (Å²) in [6.07, 6.45) is 37.1. The first-order chi connectivity index (χ1) is 15.7. The van der Waals surface area contributed by atoms with Crippen LogP contribution in [0.25, 0.3) is 0 Å². The molecule has 1 N–H and O–H groups in total. The van der Waals surface area contributed by atoms with E-state index in [1.807, 2.05) is 0 Å². The van der Waals surface area contributed by atoms with Crippen molar-refractivity contribution in [3.63, 3.8) is 0 Å². The Hall–Kier alpha value is -1.05. The van der Waals surface area contributed by atoms with Crippen molar-refractivity contribution in [3.8, 4) is 0 Å². The molecule has 2 nitrogen and oxygen atoms in total. The summed E-state index contributed by atoms with van der Waals surface area (Å²) in [5.74, 6) is 0.237. The van der Waals surface area contributed by atoms with Gasteiger partial charge in [0, 0.05) is 6.42 Å². The van der Waals surface area contributed by atoms with E-state index < -0.39 is 5.97 Å². The number of aliphatic carboxylic acids is 1. The molecule has 0 rings (SSSR count). The van der Waals surface area contributed by atoms with Gasteiger partial charge in [0.2, 0.25) is 0 Å². The van der Waals surface area contributed by atoms with Crippen molar-refractivity contribution >= 4 is 5.97 Å². The molecule has 0 fully saturated rings. The molecule has 0 aliphatic heterocycles. The molecule has 188 valence electrons. The second kappa shape index (κ2) is 26.2. The maximum atomic E-state index is 10.4. The number of carboxylic acids is 1. The molecule has 0 aromatic rings. The lowest BCUT2D eigenvalue weighted by molar-refractivity contribution is -0.137. The summed E-state index contributed by atoms with van der Waals surface area (Å²) in [6, 6.07) is 0. The van der Waals surface area contributed by atoms with Crippen molar-refractivity contribution in [3.05, 3.63) is 24.3 Å². The Bertz CT molecular complexity index is 438. The topological polar surface area (TPSA) is 37.3 Å². The first-order valence-electron chi connectivity index (χ1n) is 14.2. The third kappa shape index (κ3) is 27.0. The summed E-state index contributed by atoms with van der Waals surface area (Å²) in [6.45, 7) is 4.70. The first kappa shape index (κ1) is 30.9. The van der Waals surface area contributed by atoms with Crippen molar-refractivity contribution < 1.29 is 9.90 Å². The van der Waals surface area contributed by atoms with Gasteiger partial charge >= 0.3 is 5.97 Å². The predicted molar refractivity (Wildman–Crippen MR) is 142 cm³/mol. The van der Waals surface area contributed by atoms with Gasteiger partial charge in [0.1, 0.15) is 0 Å². The Kier molecular flexibility index (Phi) is 25.3. The first-order valence-corrected chi connectivity index (χ1v) is 14.2. The summed E-state index contributed by atoms with van der Waals surface area (Å²) in [5.41, 5.74) is 0. The van der Waals surface area contributed by atoms with Gasteiger partial charge in [-0.25, -0.2) is 0 Å². The second-order valence-corrected chi connectivity index (χ2v) is 9.85. The van der Waals surface area contributed by atoms with E-state index in [1.54, 1.807) is 0 Å². The average molecular weight is 449 g/mol. The van der Waals surface area contributed by atoms with Gasteiger partial charge in [-0.15, -0.1) is 0 Å². The zero-order valence-electron chi connectivity index (χ0n) is 21.8. The van der Waals surface area contributed by atoms with E-state index in [-0.39, 0.29) is 6.42 Å². The van der Waals surface area contributed by atoms with Crippen LogP contribution in [0, 0.1) is 5.92 Å². The Morgan fingerprint density at radius 3 is 1.41 bits per heavy atom. The van der Waals surface area contributed by atoms with Crippen LogP contribution < -0.4 is 0 Å². The van der Waals surface area contributed by atoms with E-state index in [0.29, 0.717) is 0 Å². The predicted octanol–water partition coefficient (Wildman–Crippen LogP) is 10.4. The van der Waals surface area contributed by atoms with E-state index in [0.717, 1.165) is 31.6 Å². The fraction of sp³-hybridized carbons (Fsp3) is 0.833. The molecular weight excluding hydrogens is 392 g/mol. The van der Waals surface area contributed by atoms with Crippen molar-refractivity contribution in [2.24, 2.45) is 5.92 Å². The maximum absolute atomic E-state index is 10.4. The van der Waals surface area contributed by atoms with Crippen molar-refractivity contribution in [2.75, 3.05) is 0 Å². The molecule has 0 aliphatic carbocycles. The highest BCUT2D eigenvalue weighted by Crippen LogP contribution is 2.16. The molecule has 0 aromatic heterocycles. The van der Waals surface area contributed by atoms with Crippen LogP contribution in [-0.4, -0.2) is 11.1 Å². The highest BCUT2D eigenvalue weighted by Gasteiger charge is 1.98. The SMILES string of the molecule is CCC(C)CCCCCCCCCCCCCCCC/C=C\CC/C=C\CCCC(=O)O. The van der Waals surface area contributed by atoms with Gasteiger partial charge in [0.05, 0.1) is 0 Å². The number of carboxylic acid groups (broad SMARTS) is 1. The third-order valence-electron chi connectivity index (χ3n) is 6.61. The van der Waals surface area contributed by atoms with Crippen LogP contribution in [0.2, 0.25) is 0 Å². The quantitative estimate of drug-likeness (QED) is 0.111. The largest absolute Gasteiger partial charge is 0.481 e. The number of carbonyl (C=O) groups is 1. The second-order valence-electron chi connectivity index (χ2n) is 9.85. The molecule has 0 radical (unpaired) electrons. The molecule has 1 unspecified atom stereocenters. The zero-order chi connectivity index (χ0) is 23.5. The lowest BCUT2D eigenvalue weighted by atomic mass is 9.99. The monoisotopic (exact) mass is 448 g/mol. The number of hydrogen-bond donors (Lipinski definition) is 1. The number of unbranched alkanes of at least 4 members (excludes halogenated alkanes) is 16. The van der Waals surface area contributed by atoms with Crippen molar-refractivity contribution in [2.45, 2.75) is 155 Å². The Morgan fingerprint density at radius 1 is 0.594 bits per heavy atom. The van der Waals surface area contributed by atoms with Gasteiger partial charge in [-0.3, -0.25) is 4.79 Å². The minimum atomic E-state index is -0.694. The molecule has 0 aromatic carbocycles. The summed E-state index contributed by atoms with van der Waals surface area (Å²) in [5, 5.41) is 8.57. The Morgan fingerprint density at radius 2 is 0.969 bits per heavy atom. The Labute approximate surface area is 201 Å². The highest BCUT2D eigenvalue weighted by atomic mass is 16.4. The lowest BCUT2D eigenvalue weighted by Crippen LogP contribution is -1.92. The van der Waals surface area contributed by atoms with Crippen LogP contribution in [-0.2, 0) is 4.79 Å². The molecule has 0 saturated heterocycles. The zero-order valence-corrected chi connectivity index (χ0v) is 21.8. The van der Waals surface area contributed by atoms with E-state index in [9.17, 15) is 4.79 Å². The van der Waals surface area contributed by atoms with Crippen LogP contribution in [0.1, 0.15) is 155 Å². The van der Waals surface area contributed by atoms with Crippen LogP contribution in [0.4, 0.5) is 0 Å².